The van der Waals surface area contributed by atoms with Crippen LogP contribution >= 0.6 is 0 Å². The number of hydrogen-bond acceptors (Lipinski definition) is 3. The lowest BCUT2D eigenvalue weighted by Gasteiger charge is -2.43. The number of rotatable bonds is 8. The van der Waals surface area contributed by atoms with Gasteiger partial charge in [0.25, 0.3) is 8.32 Å². The van der Waals surface area contributed by atoms with Gasteiger partial charge in [-0.1, -0.05) is 85.8 Å². The first-order valence-corrected chi connectivity index (χ1v) is 13.3. The van der Waals surface area contributed by atoms with Crippen molar-refractivity contribution in [1.29, 1.82) is 0 Å². The number of hydrogen-bond donors (Lipinski definition) is 0. The molecule has 0 aliphatic carbocycles. The maximum atomic E-state index is 12.0. The molecule has 2 aromatic carbocycles. The Hall–Kier alpha value is -1.40. The number of benzene rings is 2. The first-order valence-electron chi connectivity index (χ1n) is 10.3. The summed E-state index contributed by atoms with van der Waals surface area (Å²) in [4.78, 5) is 0. The molecule has 3 nitrogen and oxygen atoms in total. The van der Waals surface area contributed by atoms with E-state index < -0.39 is 19.7 Å². The molecule has 2 rings (SSSR count). The van der Waals surface area contributed by atoms with Crippen LogP contribution in [0.15, 0.2) is 65.1 Å². The molecule has 0 saturated carbocycles. The van der Waals surface area contributed by atoms with Crippen LogP contribution in [0.1, 0.15) is 54.4 Å². The smallest absolute Gasteiger partial charge is 0.261 e. The molecule has 5 heteroatoms. The van der Waals surface area contributed by atoms with E-state index in [1.165, 1.54) is 10.4 Å². The van der Waals surface area contributed by atoms with Crippen LogP contribution in [-0.2, 0) is 15.8 Å². The molecule has 0 heterocycles. The average Bonchev–Trinajstić information content (AvgIpc) is 2.67. The molecule has 1 atom stereocenters. The van der Waals surface area contributed by atoms with Gasteiger partial charge in [-0.2, -0.15) is 0 Å². The van der Waals surface area contributed by atoms with Gasteiger partial charge in [0, 0.05) is 6.61 Å². The van der Waals surface area contributed by atoms with E-state index >= 15 is 0 Å². The van der Waals surface area contributed by atoms with Crippen LogP contribution in [0.4, 0.5) is 0 Å². The van der Waals surface area contributed by atoms with Crippen LogP contribution in [0.3, 0.4) is 0 Å². The zero-order valence-electron chi connectivity index (χ0n) is 18.6. The van der Waals surface area contributed by atoms with Gasteiger partial charge in [-0.05, 0) is 49.0 Å². The Kier molecular flexibility index (Phi) is 8.29. The Morgan fingerprint density at radius 3 is 1.79 bits per heavy atom. The average molecular weight is 430 g/mol. The van der Waals surface area contributed by atoms with E-state index in [1.54, 1.807) is 6.21 Å². The van der Waals surface area contributed by atoms with E-state index in [0.717, 1.165) is 12.8 Å². The van der Waals surface area contributed by atoms with Gasteiger partial charge < -0.3 is 8.98 Å². The van der Waals surface area contributed by atoms with Crippen molar-refractivity contribution in [3.8, 4) is 0 Å². The zero-order valence-corrected chi connectivity index (χ0v) is 20.5. The lowest BCUT2D eigenvalue weighted by molar-refractivity contribution is 0.294. The molecule has 0 aromatic heterocycles. The van der Waals surface area contributed by atoms with Gasteiger partial charge in [-0.3, -0.25) is 0 Å². The Bertz CT molecular complexity index is 727. The third-order valence-electron chi connectivity index (χ3n) is 4.91. The van der Waals surface area contributed by atoms with Crippen LogP contribution in [0, 0.1) is 0 Å². The molecule has 0 amide bonds. The Balaban J connectivity index is 2.20. The minimum atomic E-state index is -2.47. The molecule has 0 aliphatic heterocycles. The van der Waals surface area contributed by atoms with Crippen molar-refractivity contribution >= 4 is 36.3 Å². The van der Waals surface area contributed by atoms with Crippen molar-refractivity contribution in [3.63, 3.8) is 0 Å². The quantitative estimate of drug-likeness (QED) is 0.260. The number of unbranched alkanes of at least 4 members (excludes halogenated alkanes) is 1. The van der Waals surface area contributed by atoms with Gasteiger partial charge in [0.05, 0.1) is 6.21 Å². The molecule has 0 fully saturated rings. The van der Waals surface area contributed by atoms with Gasteiger partial charge in [-0.25, -0.2) is 0 Å². The van der Waals surface area contributed by atoms with Gasteiger partial charge in [0.2, 0.25) is 0 Å². The molecular formula is C24H35NO2SSi. The fourth-order valence-electron chi connectivity index (χ4n) is 3.44. The van der Waals surface area contributed by atoms with E-state index in [1.807, 2.05) is 20.8 Å². The summed E-state index contributed by atoms with van der Waals surface area (Å²) in [6, 6.07) is 21.3. The summed E-state index contributed by atoms with van der Waals surface area (Å²) >= 11 is -1.20. The highest BCUT2D eigenvalue weighted by Crippen LogP contribution is 2.36. The summed E-state index contributed by atoms with van der Waals surface area (Å²) in [5.74, 6) is 0. The molecule has 158 valence electrons. The van der Waals surface area contributed by atoms with Crippen molar-refractivity contribution in [1.82, 2.24) is 0 Å². The third-order valence-corrected chi connectivity index (χ3v) is 11.3. The van der Waals surface area contributed by atoms with Crippen LogP contribution in [0.5, 0.6) is 0 Å². The molecule has 0 aliphatic rings. The summed E-state index contributed by atoms with van der Waals surface area (Å²) < 4.78 is 22.8. The van der Waals surface area contributed by atoms with Crippen molar-refractivity contribution in [2.24, 2.45) is 4.40 Å². The van der Waals surface area contributed by atoms with Gasteiger partial charge in [0.1, 0.15) is 16.1 Å². The Labute approximate surface area is 181 Å². The summed E-state index contributed by atoms with van der Waals surface area (Å²) in [6.45, 7) is 13.3. The summed E-state index contributed by atoms with van der Waals surface area (Å²) in [6.07, 6.45) is 3.41. The summed E-state index contributed by atoms with van der Waals surface area (Å²) in [7, 11) is -2.47. The van der Waals surface area contributed by atoms with Gasteiger partial charge in [-0.15, -0.1) is 0 Å². The first-order chi connectivity index (χ1) is 13.6. The summed E-state index contributed by atoms with van der Waals surface area (Å²) in [5.41, 5.74) is 0. The van der Waals surface area contributed by atoms with Crippen LogP contribution in [-0.4, -0.2) is 30.4 Å². The van der Waals surface area contributed by atoms with Crippen molar-refractivity contribution in [3.05, 3.63) is 60.7 Å². The van der Waals surface area contributed by atoms with Gasteiger partial charge in [0.15, 0.2) is 0 Å². The van der Waals surface area contributed by atoms with E-state index in [-0.39, 0.29) is 9.79 Å². The number of nitrogens with zero attached hydrogens (tertiary/aromatic N) is 1. The van der Waals surface area contributed by atoms with Crippen LogP contribution in [0.25, 0.3) is 0 Å². The molecule has 2 aromatic rings. The molecule has 29 heavy (non-hydrogen) atoms. The van der Waals surface area contributed by atoms with E-state index in [2.05, 4.69) is 85.8 Å². The monoisotopic (exact) mass is 429 g/mol. The molecule has 0 radical (unpaired) electrons. The standard InChI is InChI=1S/C24H35NO2SSi/c1-23(2,3)28(26)25-19-13-14-20-27-29(24(4,5)6,21-15-9-7-10-16-21)22-17-11-8-12-18-22/h7-12,15-19H,13-14,20H2,1-6H3/t28-/m0/s1. The predicted octanol–water partition coefficient (Wildman–Crippen LogP) is 4.88. The Morgan fingerprint density at radius 1 is 0.897 bits per heavy atom. The minimum absolute atomic E-state index is 0.0163. The second kappa shape index (κ2) is 10.1. The fourth-order valence-corrected chi connectivity index (χ4v) is 8.60. The second-order valence-corrected chi connectivity index (χ2v) is 15.5. The lowest BCUT2D eigenvalue weighted by Crippen LogP contribution is -2.66. The molecule has 0 N–H and O–H groups in total. The largest absolute Gasteiger partial charge is 0.591 e. The highest BCUT2D eigenvalue weighted by molar-refractivity contribution is 7.91. The predicted molar refractivity (Wildman–Crippen MR) is 129 cm³/mol. The van der Waals surface area contributed by atoms with Crippen LogP contribution < -0.4 is 10.4 Å². The highest BCUT2D eigenvalue weighted by Gasteiger charge is 2.49. The van der Waals surface area contributed by atoms with Crippen LogP contribution in [0.2, 0.25) is 5.04 Å². The lowest BCUT2D eigenvalue weighted by atomic mass is 10.2. The Morgan fingerprint density at radius 2 is 1.38 bits per heavy atom. The van der Waals surface area contributed by atoms with Crippen molar-refractivity contribution in [2.75, 3.05) is 6.61 Å². The zero-order chi connectivity index (χ0) is 21.5. The highest BCUT2D eigenvalue weighted by atomic mass is 32.2. The third kappa shape index (κ3) is 6.04. The van der Waals surface area contributed by atoms with E-state index in [0.29, 0.717) is 6.61 Å². The molecular weight excluding hydrogens is 394 g/mol. The van der Waals surface area contributed by atoms with Gasteiger partial charge >= 0.3 is 0 Å². The minimum Gasteiger partial charge on any atom is -0.591 e. The molecule has 0 spiro atoms. The van der Waals surface area contributed by atoms with E-state index in [9.17, 15) is 4.55 Å². The molecule has 0 unspecified atom stereocenters. The second-order valence-electron chi connectivity index (χ2n) is 9.30. The van der Waals surface area contributed by atoms with Crippen molar-refractivity contribution in [2.45, 2.75) is 64.2 Å². The maximum Gasteiger partial charge on any atom is 0.261 e. The molecule has 0 saturated heterocycles. The SMILES string of the molecule is CC(C)(C)[S@+]([O-])N=CCCCO[Si](c1ccccc1)(c1ccccc1)C(C)(C)C. The fraction of sp³-hybridized carbons (Fsp3) is 0.458. The molecule has 0 bridgehead atoms. The summed E-state index contributed by atoms with van der Waals surface area (Å²) in [5, 5.41) is 2.57. The normalized spacial score (nSPS) is 14.3. The van der Waals surface area contributed by atoms with Crippen molar-refractivity contribution < 1.29 is 8.98 Å². The topological polar surface area (TPSA) is 44.7 Å². The van der Waals surface area contributed by atoms with E-state index in [4.69, 9.17) is 4.43 Å². The first kappa shape index (κ1) is 23.9. The maximum absolute atomic E-state index is 12.0.